The number of hydrogen-bond donors (Lipinski definition) is 1. The first kappa shape index (κ1) is 9.71. The quantitative estimate of drug-likeness (QED) is 0.650. The van der Waals surface area contributed by atoms with Gasteiger partial charge in [0.05, 0.1) is 0 Å². The third-order valence-electron chi connectivity index (χ3n) is 3.00. The Kier molecular flexibility index (Phi) is 2.35. The zero-order valence-corrected chi connectivity index (χ0v) is 8.45. The van der Waals surface area contributed by atoms with Crippen molar-refractivity contribution in [2.45, 2.75) is 44.8 Å². The predicted molar refractivity (Wildman–Crippen MR) is 51.4 cm³/mol. The molecule has 1 aliphatic heterocycles. The van der Waals surface area contributed by atoms with Crippen molar-refractivity contribution in [3.63, 3.8) is 0 Å². The lowest BCUT2D eigenvalue weighted by atomic mass is 9.83. The molecule has 1 N–H and O–H groups in total. The molecule has 1 saturated carbocycles. The highest BCUT2D eigenvalue weighted by Crippen LogP contribution is 2.35. The highest BCUT2D eigenvalue weighted by atomic mass is 16.7. The normalized spacial score (nSPS) is 34.1. The van der Waals surface area contributed by atoms with E-state index < -0.39 is 5.79 Å². The zero-order chi connectivity index (χ0) is 10.2. The second kappa shape index (κ2) is 3.39. The van der Waals surface area contributed by atoms with Crippen molar-refractivity contribution in [3.05, 3.63) is 11.6 Å². The van der Waals surface area contributed by atoms with Gasteiger partial charge in [-0.15, -0.1) is 0 Å². The molecule has 0 bridgehead atoms. The van der Waals surface area contributed by atoms with Gasteiger partial charge in [-0.1, -0.05) is 19.3 Å². The highest BCUT2D eigenvalue weighted by molar-refractivity contribution is 5.91. The van der Waals surface area contributed by atoms with Crippen LogP contribution >= 0.6 is 0 Å². The van der Waals surface area contributed by atoms with E-state index in [1.807, 2.05) is 0 Å². The minimum atomic E-state index is -1.37. The molecule has 3 heteroatoms. The van der Waals surface area contributed by atoms with Gasteiger partial charge in [0.2, 0.25) is 5.79 Å². The molecule has 0 saturated heterocycles. The molecule has 1 aliphatic carbocycles. The molecular weight excluding hydrogens is 180 g/mol. The van der Waals surface area contributed by atoms with Crippen LogP contribution in [0, 0.1) is 5.92 Å². The average molecular weight is 196 g/mol. The van der Waals surface area contributed by atoms with E-state index in [-0.39, 0.29) is 5.97 Å². The van der Waals surface area contributed by atoms with Gasteiger partial charge in [0.15, 0.2) is 0 Å². The number of carbonyl (C=O) groups excluding carboxylic acids is 1. The van der Waals surface area contributed by atoms with Crippen molar-refractivity contribution in [2.24, 2.45) is 5.92 Å². The van der Waals surface area contributed by atoms with E-state index in [9.17, 15) is 9.90 Å². The number of carbonyl (C=O) groups is 1. The Morgan fingerprint density at radius 2 is 2.07 bits per heavy atom. The molecule has 78 valence electrons. The summed E-state index contributed by atoms with van der Waals surface area (Å²) in [6.07, 6.45) is 7.30. The first-order chi connectivity index (χ1) is 6.58. The van der Waals surface area contributed by atoms with Crippen LogP contribution in [0.1, 0.15) is 39.0 Å². The lowest BCUT2D eigenvalue weighted by molar-refractivity contribution is -0.173. The molecule has 3 nitrogen and oxygen atoms in total. The molecular formula is C11H16O3. The average Bonchev–Trinajstić information content (AvgIpc) is 2.41. The van der Waals surface area contributed by atoms with Crippen LogP contribution in [0.15, 0.2) is 11.6 Å². The lowest BCUT2D eigenvalue weighted by Crippen LogP contribution is -2.22. The molecule has 2 rings (SSSR count). The molecule has 14 heavy (non-hydrogen) atoms. The van der Waals surface area contributed by atoms with Gasteiger partial charge in [0.1, 0.15) is 0 Å². The number of rotatable bonds is 1. The van der Waals surface area contributed by atoms with Gasteiger partial charge in [0, 0.05) is 12.5 Å². The van der Waals surface area contributed by atoms with E-state index in [2.05, 4.69) is 0 Å². The molecule has 1 unspecified atom stereocenters. The summed E-state index contributed by atoms with van der Waals surface area (Å²) in [6.45, 7) is 1.50. The predicted octanol–water partition coefficient (Wildman–Crippen LogP) is 1.76. The van der Waals surface area contributed by atoms with E-state index in [0.717, 1.165) is 12.8 Å². The molecule has 0 amide bonds. The Labute approximate surface area is 83.8 Å². The number of hydrogen-bond acceptors (Lipinski definition) is 3. The maximum Gasteiger partial charge on any atom is 0.336 e. The molecule has 1 atom stereocenters. The topological polar surface area (TPSA) is 46.5 Å². The van der Waals surface area contributed by atoms with Crippen LogP contribution in [0.2, 0.25) is 0 Å². The SMILES string of the molecule is CC1(O)C=C(C2CCCCC2)C(=O)O1. The van der Waals surface area contributed by atoms with Crippen LogP contribution in [0.4, 0.5) is 0 Å². The molecule has 1 fully saturated rings. The Hall–Kier alpha value is -0.830. The largest absolute Gasteiger partial charge is 0.426 e. The summed E-state index contributed by atoms with van der Waals surface area (Å²) < 4.78 is 4.84. The van der Waals surface area contributed by atoms with Crippen molar-refractivity contribution in [1.82, 2.24) is 0 Å². The van der Waals surface area contributed by atoms with Gasteiger partial charge in [-0.3, -0.25) is 0 Å². The summed E-state index contributed by atoms with van der Waals surface area (Å²) in [6, 6.07) is 0. The molecule has 0 radical (unpaired) electrons. The van der Waals surface area contributed by atoms with E-state index in [4.69, 9.17) is 4.74 Å². The van der Waals surface area contributed by atoms with Gasteiger partial charge < -0.3 is 9.84 Å². The number of ether oxygens (including phenoxy) is 1. The van der Waals surface area contributed by atoms with Crippen LogP contribution in [0.3, 0.4) is 0 Å². The fraction of sp³-hybridized carbons (Fsp3) is 0.727. The van der Waals surface area contributed by atoms with Crippen LogP contribution in [0.25, 0.3) is 0 Å². The van der Waals surface area contributed by atoms with Crippen molar-refractivity contribution < 1.29 is 14.6 Å². The van der Waals surface area contributed by atoms with Gasteiger partial charge in [-0.05, 0) is 24.8 Å². The minimum absolute atomic E-state index is 0.310. The first-order valence-corrected chi connectivity index (χ1v) is 5.27. The summed E-state index contributed by atoms with van der Waals surface area (Å²) in [7, 11) is 0. The maximum absolute atomic E-state index is 11.4. The monoisotopic (exact) mass is 196 g/mol. The second-order valence-electron chi connectivity index (χ2n) is 4.38. The molecule has 2 aliphatic rings. The van der Waals surface area contributed by atoms with Crippen LogP contribution in [-0.2, 0) is 9.53 Å². The Bertz CT molecular complexity index is 272. The number of cyclic esters (lactones) is 1. The standard InChI is InChI=1S/C11H16O3/c1-11(13)7-9(10(12)14-11)8-5-3-2-4-6-8/h7-8,13H,2-6H2,1H3. The number of aliphatic hydroxyl groups is 1. The maximum atomic E-state index is 11.4. The van der Waals surface area contributed by atoms with Crippen LogP contribution in [-0.4, -0.2) is 16.9 Å². The van der Waals surface area contributed by atoms with Crippen molar-refractivity contribution >= 4 is 5.97 Å². The zero-order valence-electron chi connectivity index (χ0n) is 8.45. The van der Waals surface area contributed by atoms with Gasteiger partial charge in [-0.25, -0.2) is 4.79 Å². The van der Waals surface area contributed by atoms with Crippen molar-refractivity contribution in [2.75, 3.05) is 0 Å². The van der Waals surface area contributed by atoms with Crippen molar-refractivity contribution in [3.8, 4) is 0 Å². The molecule has 1 heterocycles. The summed E-state index contributed by atoms with van der Waals surface area (Å²) in [5.41, 5.74) is 0.690. The first-order valence-electron chi connectivity index (χ1n) is 5.27. The smallest absolute Gasteiger partial charge is 0.336 e. The Morgan fingerprint density at radius 1 is 1.43 bits per heavy atom. The lowest BCUT2D eigenvalue weighted by Gasteiger charge is -2.20. The molecule has 0 aromatic heterocycles. The number of esters is 1. The summed E-state index contributed by atoms with van der Waals surface area (Å²) in [4.78, 5) is 11.4. The van der Waals surface area contributed by atoms with E-state index >= 15 is 0 Å². The summed E-state index contributed by atoms with van der Waals surface area (Å²) in [5.74, 6) is -1.39. The summed E-state index contributed by atoms with van der Waals surface area (Å²) in [5, 5.41) is 9.55. The Balaban J connectivity index is 2.13. The van der Waals surface area contributed by atoms with Crippen LogP contribution < -0.4 is 0 Å². The fourth-order valence-electron chi connectivity index (χ4n) is 2.32. The second-order valence-corrected chi connectivity index (χ2v) is 4.38. The van der Waals surface area contributed by atoms with Gasteiger partial charge >= 0.3 is 5.97 Å². The van der Waals surface area contributed by atoms with Crippen LogP contribution in [0.5, 0.6) is 0 Å². The molecule has 0 aromatic carbocycles. The van der Waals surface area contributed by atoms with E-state index in [1.165, 1.54) is 26.2 Å². The van der Waals surface area contributed by atoms with Crippen molar-refractivity contribution in [1.29, 1.82) is 0 Å². The van der Waals surface area contributed by atoms with Gasteiger partial charge in [0.25, 0.3) is 0 Å². The molecule has 0 spiro atoms. The fourth-order valence-corrected chi connectivity index (χ4v) is 2.32. The van der Waals surface area contributed by atoms with E-state index in [0.29, 0.717) is 11.5 Å². The third kappa shape index (κ3) is 1.82. The highest BCUT2D eigenvalue weighted by Gasteiger charge is 2.37. The third-order valence-corrected chi connectivity index (χ3v) is 3.00. The minimum Gasteiger partial charge on any atom is -0.426 e. The van der Waals surface area contributed by atoms with Gasteiger partial charge in [-0.2, -0.15) is 0 Å². The molecule has 0 aromatic rings. The summed E-state index contributed by atoms with van der Waals surface area (Å²) >= 11 is 0. The Morgan fingerprint density at radius 3 is 2.57 bits per heavy atom. The van der Waals surface area contributed by atoms with E-state index in [1.54, 1.807) is 6.08 Å².